The van der Waals surface area contributed by atoms with E-state index in [-0.39, 0.29) is 61.2 Å². The number of hydrogen-bond donors (Lipinski definition) is 0. The number of halogens is 1. The van der Waals surface area contributed by atoms with Crippen LogP contribution in [0.3, 0.4) is 0 Å². The van der Waals surface area contributed by atoms with E-state index in [1.54, 1.807) is 13.8 Å². The fourth-order valence-electron chi connectivity index (χ4n) is 4.08. The molecule has 1 saturated carbocycles. The van der Waals surface area contributed by atoms with Gasteiger partial charge < -0.3 is 17.1 Å². The molecule has 38 heavy (non-hydrogen) atoms. The molecule has 0 saturated heterocycles. The first-order valence-electron chi connectivity index (χ1n) is 12.5. The summed E-state index contributed by atoms with van der Waals surface area (Å²) in [6.45, 7) is 21.6. The summed E-state index contributed by atoms with van der Waals surface area (Å²) in [5.41, 5.74) is 4.24. The Morgan fingerprint density at radius 3 is 2.00 bits per heavy atom. The standard InChI is InChI=1S/C18H17ClO.C7H8O.C5H13N.C2H6.CH3.U/c1-12-5-3-4-6-16(12)18(13(2)20)11-17(18)14-7-9-15(19)10-8-14;1-6(2)4-7(3)5-8;1-4-5-6(2)3;1-2;;/h3-10,17H,11H2,1-2H3;3-5H,1H2,2H3;4-5H2,1-3H3;1-2H3;1H3;/q;-2;;;-1;+3/b;6-4+;;;;/t17-,18+;;;;;/m0...../s1. The average Bonchev–Trinajstić information content (AvgIpc) is 3.58. The predicted molar refractivity (Wildman–Crippen MR) is 162 cm³/mol. The van der Waals surface area contributed by atoms with Crippen molar-refractivity contribution in [3.8, 4) is 0 Å². The summed E-state index contributed by atoms with van der Waals surface area (Å²) < 4.78 is 0. The molecule has 0 spiro atoms. The van der Waals surface area contributed by atoms with Gasteiger partial charge in [0.05, 0.1) is 5.41 Å². The molecule has 5 heteroatoms. The summed E-state index contributed by atoms with van der Waals surface area (Å²) in [6, 6.07) is 16.1. The van der Waals surface area contributed by atoms with Gasteiger partial charge >= 0.3 is 31.1 Å². The van der Waals surface area contributed by atoms with Crippen LogP contribution < -0.4 is 0 Å². The van der Waals surface area contributed by atoms with Crippen molar-refractivity contribution in [2.75, 3.05) is 20.6 Å². The van der Waals surface area contributed by atoms with Gasteiger partial charge in [-0.3, -0.25) is 4.79 Å². The molecule has 0 bridgehead atoms. The second kappa shape index (κ2) is 21.3. The average molecular weight is 763 g/mol. The minimum Gasteiger partial charge on any atom is -0.375 e. The maximum Gasteiger partial charge on any atom is 3.00 e. The maximum atomic E-state index is 12.3. The van der Waals surface area contributed by atoms with Crippen LogP contribution in [0.4, 0.5) is 0 Å². The second-order valence-corrected chi connectivity index (χ2v) is 9.50. The molecule has 0 aliphatic heterocycles. The fraction of sp³-hybridized carbons (Fsp3) is 0.394. The third kappa shape index (κ3) is 13.5. The largest absolute Gasteiger partial charge is 3.00 e. The molecule has 0 aromatic heterocycles. The Morgan fingerprint density at radius 1 is 1.13 bits per heavy atom. The van der Waals surface area contributed by atoms with Crippen molar-refractivity contribution < 1.29 is 40.7 Å². The first kappa shape index (κ1) is 40.9. The van der Waals surface area contributed by atoms with Crippen LogP contribution in [0.1, 0.15) is 70.1 Å². The van der Waals surface area contributed by atoms with Crippen LogP contribution in [0.2, 0.25) is 5.02 Å². The van der Waals surface area contributed by atoms with Gasteiger partial charge in [-0.25, -0.2) is 25.2 Å². The number of nitrogens with zero attached hydrogens (tertiary/aromatic N) is 1. The summed E-state index contributed by atoms with van der Waals surface area (Å²) in [7, 11) is 4.17. The molecular formula is C33H47ClNO2U. The van der Waals surface area contributed by atoms with Crippen molar-refractivity contribution in [2.45, 2.75) is 65.7 Å². The molecule has 1 aliphatic carbocycles. The number of carbonyl (C=O) groups excluding carboxylic acids is 2. The Morgan fingerprint density at radius 2 is 1.66 bits per heavy atom. The van der Waals surface area contributed by atoms with Crippen molar-refractivity contribution in [3.63, 3.8) is 0 Å². The quantitative estimate of drug-likeness (QED) is 0.123. The molecule has 1 fully saturated rings. The molecule has 3 rings (SSSR count). The zero-order chi connectivity index (χ0) is 27.9. The molecule has 0 heterocycles. The van der Waals surface area contributed by atoms with Gasteiger partial charge in [-0.1, -0.05) is 75.7 Å². The number of aldehydes is 1. The Bertz CT molecular complexity index is 994. The SMILES string of the molecule is CC.CC(=O)[C@@]1(c2ccccc2C)C[C@H]1c1ccc(Cl)cc1.CCCN(C)C.[CH-]=C(C=O)/C=C(\[CH2-])C.[CH3-].[U+3]. The molecule has 3 nitrogen and oxygen atoms in total. The topological polar surface area (TPSA) is 37.4 Å². The van der Waals surface area contributed by atoms with Crippen molar-refractivity contribution in [1.82, 2.24) is 4.90 Å². The Hall–Kier alpha value is -1.57. The number of ketones is 1. The van der Waals surface area contributed by atoms with Gasteiger partial charge in [0.1, 0.15) is 5.78 Å². The van der Waals surface area contributed by atoms with Crippen molar-refractivity contribution in [2.24, 2.45) is 0 Å². The van der Waals surface area contributed by atoms with Gasteiger partial charge in [-0.2, -0.15) is 5.57 Å². The molecule has 2 aromatic rings. The van der Waals surface area contributed by atoms with Crippen molar-refractivity contribution >= 4 is 23.7 Å². The normalized spacial score (nSPS) is 16.9. The number of rotatable bonds is 7. The van der Waals surface area contributed by atoms with Crippen LogP contribution in [-0.2, 0) is 15.0 Å². The van der Waals surface area contributed by atoms with E-state index in [0.717, 1.165) is 17.0 Å². The van der Waals surface area contributed by atoms with Crippen molar-refractivity contribution in [3.05, 3.63) is 108 Å². The van der Waals surface area contributed by atoms with Gasteiger partial charge in [0.15, 0.2) is 0 Å². The number of hydrogen-bond acceptors (Lipinski definition) is 3. The van der Waals surface area contributed by atoms with E-state index in [2.05, 4.69) is 51.9 Å². The van der Waals surface area contributed by atoms with E-state index in [0.29, 0.717) is 6.29 Å². The van der Waals surface area contributed by atoms with Gasteiger partial charge in [0.25, 0.3) is 0 Å². The Labute approximate surface area is 262 Å². The summed E-state index contributed by atoms with van der Waals surface area (Å²) in [5, 5.41) is 0.735. The zero-order valence-corrected chi connectivity index (χ0v) is 29.8. The van der Waals surface area contributed by atoms with Gasteiger partial charge in [0.2, 0.25) is 0 Å². The molecular weight excluding hydrogens is 716 g/mol. The van der Waals surface area contributed by atoms with Crippen LogP contribution >= 0.6 is 11.6 Å². The smallest absolute Gasteiger partial charge is 0.375 e. The number of carbonyl (C=O) groups is 2. The monoisotopic (exact) mass is 762 g/mol. The second-order valence-electron chi connectivity index (χ2n) is 9.06. The molecule has 0 unspecified atom stereocenters. The number of benzene rings is 2. The van der Waals surface area contributed by atoms with Crippen LogP contribution in [0.15, 0.2) is 65.8 Å². The maximum absolute atomic E-state index is 12.3. The zero-order valence-electron chi connectivity index (χ0n) is 24.9. The van der Waals surface area contributed by atoms with E-state index >= 15 is 0 Å². The van der Waals surface area contributed by atoms with E-state index in [1.807, 2.05) is 50.2 Å². The number of aryl methyl sites for hydroxylation is 1. The third-order valence-corrected chi connectivity index (χ3v) is 5.96. The van der Waals surface area contributed by atoms with E-state index in [9.17, 15) is 9.59 Å². The Balaban J connectivity index is -0.000000574. The molecule has 207 valence electrons. The summed E-state index contributed by atoms with van der Waals surface area (Å²) in [6.07, 6.45) is 4.27. The predicted octanol–water partition coefficient (Wildman–Crippen LogP) is 8.42. The van der Waals surface area contributed by atoms with E-state index in [4.69, 9.17) is 18.2 Å². The first-order valence-corrected chi connectivity index (χ1v) is 12.9. The van der Waals surface area contributed by atoms with Crippen molar-refractivity contribution in [1.29, 1.82) is 0 Å². The summed E-state index contributed by atoms with van der Waals surface area (Å²) >= 11 is 5.95. The van der Waals surface area contributed by atoms with Crippen LogP contribution in [0.5, 0.6) is 0 Å². The van der Waals surface area contributed by atoms with Gasteiger partial charge in [-0.05, 0) is 76.2 Å². The molecule has 1 aliphatic rings. The van der Waals surface area contributed by atoms with E-state index < -0.39 is 0 Å². The summed E-state index contributed by atoms with van der Waals surface area (Å²) in [4.78, 5) is 24.3. The third-order valence-electron chi connectivity index (χ3n) is 5.71. The molecule has 2 atom stereocenters. The minimum absolute atomic E-state index is 0. The molecule has 1 radical (unpaired) electrons. The van der Waals surface area contributed by atoms with Gasteiger partial charge in [-0.15, -0.1) is 0 Å². The number of Topliss-reactive ketones (excluding diaryl/α,β-unsaturated/α-hetero) is 1. The molecule has 2 aromatic carbocycles. The van der Waals surface area contributed by atoms with E-state index in [1.165, 1.54) is 35.7 Å². The van der Waals surface area contributed by atoms with Crippen LogP contribution in [0.25, 0.3) is 0 Å². The fourth-order valence-corrected chi connectivity index (χ4v) is 4.20. The van der Waals surface area contributed by atoms with Crippen LogP contribution in [0, 0.1) is 59.0 Å². The minimum atomic E-state index is -0.334. The van der Waals surface area contributed by atoms with Gasteiger partial charge in [0, 0.05) is 17.2 Å². The molecule has 0 amide bonds. The van der Waals surface area contributed by atoms with Crippen LogP contribution in [-0.4, -0.2) is 37.6 Å². The number of allylic oxidation sites excluding steroid dienone is 3. The summed E-state index contributed by atoms with van der Waals surface area (Å²) in [5.74, 6) is 0.533. The first-order chi connectivity index (χ1) is 17.0. The molecule has 0 N–H and O–H groups in total. The Kier molecular flexibility index (Phi) is 22.9.